The number of carbonyl (C=O) groups is 1. The zero-order valence-corrected chi connectivity index (χ0v) is 11.4. The smallest absolute Gasteiger partial charge is 0.239 e. The lowest BCUT2D eigenvalue weighted by atomic mass is 10.0. The third-order valence-corrected chi connectivity index (χ3v) is 4.61. The van der Waals surface area contributed by atoms with Crippen LogP contribution in [0.25, 0.3) is 0 Å². The number of amides is 1. The molecule has 0 radical (unpaired) electrons. The van der Waals surface area contributed by atoms with Crippen LogP contribution in [0.5, 0.6) is 0 Å². The van der Waals surface area contributed by atoms with Gasteiger partial charge in [0.1, 0.15) is 6.04 Å². The molecule has 1 aromatic carbocycles. The van der Waals surface area contributed by atoms with Crippen molar-refractivity contribution in [3.8, 4) is 0 Å². The Morgan fingerprint density at radius 1 is 1.26 bits per heavy atom. The molecule has 3 nitrogen and oxygen atoms in total. The van der Waals surface area contributed by atoms with Crippen LogP contribution in [0.1, 0.15) is 22.0 Å². The predicted molar refractivity (Wildman–Crippen MR) is 76.8 cm³/mol. The van der Waals surface area contributed by atoms with Gasteiger partial charge >= 0.3 is 0 Å². The van der Waals surface area contributed by atoms with Crippen LogP contribution < -0.4 is 5.73 Å². The lowest BCUT2D eigenvalue weighted by Crippen LogP contribution is -2.40. The normalized spacial score (nSPS) is 16.8. The van der Waals surface area contributed by atoms with Crippen LogP contribution in [-0.4, -0.2) is 17.4 Å². The molecule has 1 atom stereocenters. The molecular formula is C15H16N2OS. The van der Waals surface area contributed by atoms with Crippen molar-refractivity contribution in [2.24, 2.45) is 5.73 Å². The number of rotatable bonds is 3. The molecule has 1 aliphatic heterocycles. The van der Waals surface area contributed by atoms with Gasteiger partial charge in [-0.15, -0.1) is 11.3 Å². The number of primary amides is 1. The van der Waals surface area contributed by atoms with Crippen molar-refractivity contribution in [3.63, 3.8) is 0 Å². The van der Waals surface area contributed by atoms with E-state index in [2.05, 4.69) is 16.3 Å². The summed E-state index contributed by atoms with van der Waals surface area (Å²) in [5.74, 6) is -0.273. The second kappa shape index (κ2) is 5.15. The van der Waals surface area contributed by atoms with Gasteiger partial charge in [-0.1, -0.05) is 30.3 Å². The Morgan fingerprint density at radius 3 is 2.79 bits per heavy atom. The van der Waals surface area contributed by atoms with Gasteiger partial charge in [-0.25, -0.2) is 0 Å². The molecule has 2 N–H and O–H groups in total. The van der Waals surface area contributed by atoms with E-state index in [1.54, 1.807) is 11.3 Å². The molecule has 3 rings (SSSR count). The fraction of sp³-hybridized carbons (Fsp3) is 0.267. The molecule has 0 fully saturated rings. The van der Waals surface area contributed by atoms with E-state index in [-0.39, 0.29) is 11.9 Å². The zero-order chi connectivity index (χ0) is 13.2. The van der Waals surface area contributed by atoms with Gasteiger partial charge in [-0.05, 0) is 29.0 Å². The number of hydrogen-bond donors (Lipinski definition) is 1. The molecule has 1 aromatic heterocycles. The second-order valence-corrected chi connectivity index (χ2v) is 5.81. The van der Waals surface area contributed by atoms with E-state index in [1.807, 2.05) is 30.3 Å². The molecule has 0 bridgehead atoms. The summed E-state index contributed by atoms with van der Waals surface area (Å²) in [6.07, 6.45) is 1.00. The molecule has 4 heteroatoms. The van der Waals surface area contributed by atoms with E-state index in [1.165, 1.54) is 10.4 Å². The molecule has 98 valence electrons. The Morgan fingerprint density at radius 2 is 2.05 bits per heavy atom. The third kappa shape index (κ3) is 2.41. The number of benzene rings is 1. The minimum absolute atomic E-state index is 0.273. The lowest BCUT2D eigenvalue weighted by Gasteiger charge is -2.32. The van der Waals surface area contributed by atoms with Crippen LogP contribution in [0.4, 0.5) is 0 Å². The minimum atomic E-state index is -0.325. The first-order valence-corrected chi connectivity index (χ1v) is 7.27. The van der Waals surface area contributed by atoms with Gasteiger partial charge in [0, 0.05) is 18.0 Å². The van der Waals surface area contributed by atoms with Crippen molar-refractivity contribution in [2.75, 3.05) is 6.54 Å². The highest BCUT2D eigenvalue weighted by Gasteiger charge is 2.28. The Hall–Kier alpha value is -1.65. The van der Waals surface area contributed by atoms with Gasteiger partial charge in [-0.2, -0.15) is 0 Å². The predicted octanol–water partition coefficient (Wildman–Crippen LogP) is 2.33. The molecular weight excluding hydrogens is 256 g/mol. The summed E-state index contributed by atoms with van der Waals surface area (Å²) in [6, 6.07) is 11.6. The van der Waals surface area contributed by atoms with Crippen LogP contribution in [0.15, 0.2) is 41.8 Å². The molecule has 0 saturated heterocycles. The Kier molecular flexibility index (Phi) is 3.36. The van der Waals surface area contributed by atoms with Crippen LogP contribution in [0.2, 0.25) is 0 Å². The first-order chi connectivity index (χ1) is 9.25. The molecule has 1 unspecified atom stereocenters. The number of carbonyl (C=O) groups excluding carboxylic acids is 1. The quantitative estimate of drug-likeness (QED) is 0.932. The largest absolute Gasteiger partial charge is 0.368 e. The summed E-state index contributed by atoms with van der Waals surface area (Å²) in [5.41, 5.74) is 7.93. The van der Waals surface area contributed by atoms with Crippen molar-refractivity contribution in [3.05, 3.63) is 57.8 Å². The topological polar surface area (TPSA) is 46.3 Å². The van der Waals surface area contributed by atoms with Gasteiger partial charge in [0.15, 0.2) is 0 Å². The number of thiophene rings is 1. The van der Waals surface area contributed by atoms with Gasteiger partial charge in [0.2, 0.25) is 5.91 Å². The van der Waals surface area contributed by atoms with Crippen molar-refractivity contribution in [2.45, 2.75) is 19.0 Å². The molecule has 0 aliphatic carbocycles. The molecule has 1 aliphatic rings. The average Bonchev–Trinajstić information content (AvgIpc) is 2.87. The van der Waals surface area contributed by atoms with E-state index >= 15 is 0 Å². The molecule has 2 heterocycles. The highest BCUT2D eigenvalue weighted by atomic mass is 32.1. The fourth-order valence-electron chi connectivity index (χ4n) is 2.68. The molecule has 19 heavy (non-hydrogen) atoms. The van der Waals surface area contributed by atoms with Crippen LogP contribution in [-0.2, 0) is 17.8 Å². The van der Waals surface area contributed by atoms with E-state index in [9.17, 15) is 4.79 Å². The molecule has 1 amide bonds. The highest BCUT2D eigenvalue weighted by molar-refractivity contribution is 7.10. The Balaban J connectivity index is 1.89. The Labute approximate surface area is 116 Å². The fourth-order valence-corrected chi connectivity index (χ4v) is 3.57. The van der Waals surface area contributed by atoms with Gasteiger partial charge < -0.3 is 5.73 Å². The number of hydrogen-bond acceptors (Lipinski definition) is 3. The zero-order valence-electron chi connectivity index (χ0n) is 10.6. The van der Waals surface area contributed by atoms with Gasteiger partial charge in [0.25, 0.3) is 0 Å². The summed E-state index contributed by atoms with van der Waals surface area (Å²) in [4.78, 5) is 15.4. The van der Waals surface area contributed by atoms with Gasteiger partial charge in [-0.3, -0.25) is 9.69 Å². The van der Waals surface area contributed by atoms with Crippen LogP contribution in [0.3, 0.4) is 0 Å². The maximum absolute atomic E-state index is 11.8. The van der Waals surface area contributed by atoms with E-state index in [0.29, 0.717) is 0 Å². The molecule has 0 spiro atoms. The maximum Gasteiger partial charge on any atom is 0.239 e. The van der Waals surface area contributed by atoms with Gasteiger partial charge in [0.05, 0.1) is 0 Å². The van der Waals surface area contributed by atoms with Crippen LogP contribution in [0, 0.1) is 0 Å². The summed E-state index contributed by atoms with van der Waals surface area (Å²) in [7, 11) is 0. The SMILES string of the molecule is NC(=O)C(c1ccccc1)N1CCc2sccc2C1. The highest BCUT2D eigenvalue weighted by Crippen LogP contribution is 2.30. The molecule has 2 aromatic rings. The maximum atomic E-state index is 11.8. The van der Waals surface area contributed by atoms with E-state index in [0.717, 1.165) is 25.1 Å². The van der Waals surface area contributed by atoms with Crippen molar-refractivity contribution >= 4 is 17.2 Å². The monoisotopic (exact) mass is 272 g/mol. The van der Waals surface area contributed by atoms with Crippen molar-refractivity contribution < 1.29 is 4.79 Å². The van der Waals surface area contributed by atoms with Crippen molar-refractivity contribution in [1.82, 2.24) is 4.90 Å². The molecule has 0 saturated carbocycles. The van der Waals surface area contributed by atoms with Crippen LogP contribution >= 0.6 is 11.3 Å². The second-order valence-electron chi connectivity index (χ2n) is 4.81. The minimum Gasteiger partial charge on any atom is -0.368 e. The number of fused-ring (bicyclic) bond motifs is 1. The number of nitrogens with zero attached hydrogens (tertiary/aromatic N) is 1. The van der Waals surface area contributed by atoms with E-state index in [4.69, 9.17) is 5.73 Å². The first kappa shape index (κ1) is 12.4. The van der Waals surface area contributed by atoms with E-state index < -0.39 is 0 Å². The average molecular weight is 272 g/mol. The number of nitrogens with two attached hydrogens (primary N) is 1. The van der Waals surface area contributed by atoms with Crippen molar-refractivity contribution in [1.29, 1.82) is 0 Å². The summed E-state index contributed by atoms with van der Waals surface area (Å²) in [5, 5.41) is 2.12. The first-order valence-electron chi connectivity index (χ1n) is 6.39. The summed E-state index contributed by atoms with van der Waals surface area (Å²) >= 11 is 1.80. The third-order valence-electron chi connectivity index (χ3n) is 3.59. The summed E-state index contributed by atoms with van der Waals surface area (Å²) in [6.45, 7) is 1.69. The lowest BCUT2D eigenvalue weighted by molar-refractivity contribution is -0.123. The standard InChI is InChI=1S/C15H16N2OS/c16-15(18)14(11-4-2-1-3-5-11)17-8-6-13-12(10-17)7-9-19-13/h1-5,7,9,14H,6,8,10H2,(H2,16,18). The Bertz CT molecular complexity index is 579. The summed E-state index contributed by atoms with van der Waals surface area (Å²) < 4.78 is 0.